The van der Waals surface area contributed by atoms with E-state index in [1.807, 2.05) is 6.07 Å². The zero-order valence-electron chi connectivity index (χ0n) is 12.7. The smallest absolute Gasteiger partial charge is 0.248 e. The molecule has 0 atom stereocenters. The second kappa shape index (κ2) is 6.91. The predicted octanol–water partition coefficient (Wildman–Crippen LogP) is 2.86. The number of nitrogens with zero attached hydrogens (tertiary/aromatic N) is 1. The number of nitrogens with one attached hydrogen (secondary N) is 2. The summed E-state index contributed by atoms with van der Waals surface area (Å²) in [7, 11) is 0. The number of hydrogen-bond acceptors (Lipinski definition) is 3. The fourth-order valence-electron chi connectivity index (χ4n) is 2.63. The van der Waals surface area contributed by atoms with Crippen molar-refractivity contribution in [1.29, 1.82) is 5.26 Å². The predicted molar refractivity (Wildman–Crippen MR) is 90.7 cm³/mol. The van der Waals surface area contributed by atoms with Gasteiger partial charge >= 0.3 is 0 Å². The molecule has 23 heavy (non-hydrogen) atoms. The molecule has 0 saturated carbocycles. The molecule has 2 aromatic rings. The number of rotatable bonds is 3. The van der Waals surface area contributed by atoms with Crippen LogP contribution in [0.5, 0.6) is 0 Å². The summed E-state index contributed by atoms with van der Waals surface area (Å²) in [6.45, 7) is 1.90. The summed E-state index contributed by atoms with van der Waals surface area (Å²) in [5, 5.41) is 15.0. The highest BCUT2D eigenvalue weighted by Crippen LogP contribution is 2.17. The summed E-state index contributed by atoms with van der Waals surface area (Å²) < 4.78 is 0. The second-order valence-electron chi connectivity index (χ2n) is 5.47. The summed E-state index contributed by atoms with van der Waals surface area (Å²) in [5.41, 5.74) is 4.81. The largest absolute Gasteiger partial charge is 0.322 e. The zero-order valence-corrected chi connectivity index (χ0v) is 12.7. The highest BCUT2D eigenvalue weighted by molar-refractivity contribution is 6.02. The van der Waals surface area contributed by atoms with Crippen LogP contribution < -0.4 is 10.6 Å². The number of amides is 1. The van der Waals surface area contributed by atoms with Gasteiger partial charge in [-0.3, -0.25) is 4.79 Å². The molecule has 0 aromatic heterocycles. The molecule has 1 aliphatic heterocycles. The van der Waals surface area contributed by atoms with Gasteiger partial charge in [-0.1, -0.05) is 24.3 Å². The van der Waals surface area contributed by atoms with E-state index in [0.717, 1.165) is 25.1 Å². The van der Waals surface area contributed by atoms with E-state index in [0.29, 0.717) is 11.3 Å². The lowest BCUT2D eigenvalue weighted by Crippen LogP contribution is -2.23. The minimum absolute atomic E-state index is 0.212. The molecule has 0 saturated heterocycles. The van der Waals surface area contributed by atoms with Crippen molar-refractivity contribution < 1.29 is 4.79 Å². The van der Waals surface area contributed by atoms with Crippen molar-refractivity contribution in [3.8, 4) is 6.07 Å². The number of carbonyl (C=O) groups is 1. The van der Waals surface area contributed by atoms with Gasteiger partial charge in [-0.25, -0.2) is 0 Å². The van der Waals surface area contributed by atoms with Gasteiger partial charge in [-0.05, 0) is 53.9 Å². The molecule has 0 radical (unpaired) electrons. The van der Waals surface area contributed by atoms with Crippen LogP contribution in [0.2, 0.25) is 0 Å². The maximum Gasteiger partial charge on any atom is 0.248 e. The van der Waals surface area contributed by atoms with E-state index < -0.39 is 0 Å². The van der Waals surface area contributed by atoms with Crippen molar-refractivity contribution in [2.45, 2.75) is 13.0 Å². The van der Waals surface area contributed by atoms with E-state index >= 15 is 0 Å². The van der Waals surface area contributed by atoms with E-state index in [1.165, 1.54) is 17.2 Å². The molecule has 2 aromatic carbocycles. The number of fused-ring (bicyclic) bond motifs is 1. The number of carbonyl (C=O) groups excluding carboxylic acids is 1. The van der Waals surface area contributed by atoms with Crippen LogP contribution >= 0.6 is 0 Å². The van der Waals surface area contributed by atoms with E-state index in [9.17, 15) is 4.79 Å². The minimum atomic E-state index is -0.212. The standard InChI is InChI=1S/C19H17N3O/c20-12-15-2-1-3-18(11-15)22-19(23)7-5-14-4-6-16-8-9-21-13-17(16)10-14/h1-7,10-11,21H,8-9,13H2,(H,22,23). The fraction of sp³-hybridized carbons (Fsp3) is 0.158. The van der Waals surface area contributed by atoms with Crippen molar-refractivity contribution in [3.63, 3.8) is 0 Å². The Bertz CT molecular complexity index is 803. The van der Waals surface area contributed by atoms with E-state index in [1.54, 1.807) is 30.3 Å². The Morgan fingerprint density at radius 1 is 1.22 bits per heavy atom. The summed E-state index contributed by atoms with van der Waals surface area (Å²) in [4.78, 5) is 12.0. The number of benzene rings is 2. The van der Waals surface area contributed by atoms with Gasteiger partial charge < -0.3 is 10.6 Å². The molecule has 4 nitrogen and oxygen atoms in total. The van der Waals surface area contributed by atoms with Gasteiger partial charge in [-0.2, -0.15) is 5.26 Å². The van der Waals surface area contributed by atoms with Crippen LogP contribution in [0.3, 0.4) is 0 Å². The molecule has 1 heterocycles. The Kier molecular flexibility index (Phi) is 4.51. The maximum absolute atomic E-state index is 12.0. The molecule has 2 N–H and O–H groups in total. The van der Waals surface area contributed by atoms with Crippen molar-refractivity contribution in [3.05, 3.63) is 70.8 Å². The summed E-state index contributed by atoms with van der Waals surface area (Å²) >= 11 is 0. The molecule has 0 spiro atoms. The summed E-state index contributed by atoms with van der Waals surface area (Å²) in [6.07, 6.45) is 4.37. The SMILES string of the molecule is N#Cc1cccc(NC(=O)C=Cc2ccc3c(c2)CNCC3)c1. The van der Waals surface area contributed by atoms with Crippen molar-refractivity contribution in [1.82, 2.24) is 5.32 Å². The first-order valence-electron chi connectivity index (χ1n) is 7.56. The molecular formula is C19H17N3O. The van der Waals surface area contributed by atoms with Gasteiger partial charge in [0, 0.05) is 18.3 Å². The first kappa shape index (κ1) is 15.0. The van der Waals surface area contributed by atoms with Crippen LogP contribution in [0.4, 0.5) is 5.69 Å². The number of hydrogen-bond donors (Lipinski definition) is 2. The van der Waals surface area contributed by atoms with Gasteiger partial charge in [0.05, 0.1) is 11.6 Å². The van der Waals surface area contributed by atoms with Crippen molar-refractivity contribution >= 4 is 17.7 Å². The average molecular weight is 303 g/mol. The third kappa shape index (κ3) is 3.85. The second-order valence-corrected chi connectivity index (χ2v) is 5.47. The molecular weight excluding hydrogens is 286 g/mol. The Morgan fingerprint density at radius 2 is 2.13 bits per heavy atom. The highest BCUT2D eigenvalue weighted by atomic mass is 16.1. The molecule has 4 heteroatoms. The van der Waals surface area contributed by atoms with Crippen LogP contribution in [0.15, 0.2) is 48.5 Å². The van der Waals surface area contributed by atoms with Crippen molar-refractivity contribution in [2.75, 3.05) is 11.9 Å². The molecule has 1 amide bonds. The van der Waals surface area contributed by atoms with E-state index in [2.05, 4.69) is 28.8 Å². The normalized spacial score (nSPS) is 13.3. The topological polar surface area (TPSA) is 64.9 Å². The van der Waals surface area contributed by atoms with Gasteiger partial charge in [0.1, 0.15) is 0 Å². The number of nitriles is 1. The van der Waals surface area contributed by atoms with Crippen LogP contribution in [-0.4, -0.2) is 12.5 Å². The Morgan fingerprint density at radius 3 is 3.00 bits per heavy atom. The molecule has 114 valence electrons. The van der Waals surface area contributed by atoms with Crippen LogP contribution in [0, 0.1) is 11.3 Å². The molecule has 3 rings (SSSR count). The Labute approximate surface area is 135 Å². The average Bonchev–Trinajstić information content (AvgIpc) is 2.60. The lowest BCUT2D eigenvalue weighted by Gasteiger charge is -2.17. The lowest BCUT2D eigenvalue weighted by atomic mass is 9.98. The maximum atomic E-state index is 12.0. The van der Waals surface area contributed by atoms with Crippen LogP contribution in [-0.2, 0) is 17.8 Å². The monoisotopic (exact) mass is 303 g/mol. The number of anilines is 1. The third-order valence-corrected chi connectivity index (χ3v) is 3.80. The lowest BCUT2D eigenvalue weighted by molar-refractivity contribution is -0.111. The van der Waals surface area contributed by atoms with Gasteiger partial charge in [-0.15, -0.1) is 0 Å². The zero-order chi connectivity index (χ0) is 16.1. The Balaban J connectivity index is 1.67. The van der Waals surface area contributed by atoms with Crippen LogP contribution in [0.1, 0.15) is 22.3 Å². The van der Waals surface area contributed by atoms with Gasteiger partial charge in [0.25, 0.3) is 0 Å². The minimum Gasteiger partial charge on any atom is -0.322 e. The Hall–Kier alpha value is -2.90. The molecule has 1 aliphatic rings. The quantitative estimate of drug-likeness (QED) is 0.857. The summed E-state index contributed by atoms with van der Waals surface area (Å²) in [6, 6.07) is 15.2. The van der Waals surface area contributed by atoms with Gasteiger partial charge in [0.2, 0.25) is 5.91 Å². The van der Waals surface area contributed by atoms with Crippen LogP contribution in [0.25, 0.3) is 6.08 Å². The summed E-state index contributed by atoms with van der Waals surface area (Å²) in [5.74, 6) is -0.212. The van der Waals surface area contributed by atoms with E-state index in [-0.39, 0.29) is 5.91 Å². The first-order chi connectivity index (χ1) is 11.2. The third-order valence-electron chi connectivity index (χ3n) is 3.80. The highest BCUT2D eigenvalue weighted by Gasteiger charge is 2.08. The molecule has 0 bridgehead atoms. The molecule has 0 unspecified atom stereocenters. The molecule has 0 aliphatic carbocycles. The van der Waals surface area contributed by atoms with Gasteiger partial charge in [0.15, 0.2) is 0 Å². The van der Waals surface area contributed by atoms with E-state index in [4.69, 9.17) is 5.26 Å². The first-order valence-corrected chi connectivity index (χ1v) is 7.56. The van der Waals surface area contributed by atoms with Crippen molar-refractivity contribution in [2.24, 2.45) is 0 Å². The molecule has 0 fully saturated rings. The fourth-order valence-corrected chi connectivity index (χ4v) is 2.63.